The van der Waals surface area contributed by atoms with E-state index < -0.39 is 18.0 Å². The van der Waals surface area contributed by atoms with Crippen LogP contribution in [0.3, 0.4) is 0 Å². The summed E-state index contributed by atoms with van der Waals surface area (Å²) in [4.78, 5) is 34.0. The monoisotopic (exact) mass is 424 g/mol. The third-order valence-electron chi connectivity index (χ3n) is 3.92. The Balaban J connectivity index is 1.86. The molecule has 1 aromatic heterocycles. The molecule has 0 saturated carbocycles. The fourth-order valence-electron chi connectivity index (χ4n) is 2.62. The summed E-state index contributed by atoms with van der Waals surface area (Å²) in [5, 5.41) is 15.2. The minimum atomic E-state index is -1.10. The summed E-state index contributed by atoms with van der Waals surface area (Å²) in [5.74, 6) is -1.44. The molecule has 0 aliphatic rings. The fourth-order valence-corrected chi connectivity index (χ4v) is 2.96. The van der Waals surface area contributed by atoms with Gasteiger partial charge in [-0.3, -0.25) is 4.79 Å². The van der Waals surface area contributed by atoms with Gasteiger partial charge >= 0.3 is 12.0 Å². The van der Waals surface area contributed by atoms with E-state index in [1.807, 2.05) is 35.0 Å². The summed E-state index contributed by atoms with van der Waals surface area (Å²) in [5.41, 5.74) is 5.94. The maximum Gasteiger partial charge on any atom is 0.326 e. The predicted molar refractivity (Wildman–Crippen MR) is 101 cm³/mol. The molecule has 8 nitrogen and oxygen atoms in total. The number of aryl methyl sites for hydroxylation is 1. The number of nitrogens with one attached hydrogen (secondary N) is 2. The Morgan fingerprint density at radius 3 is 2.73 bits per heavy atom. The van der Waals surface area contributed by atoms with Crippen LogP contribution < -0.4 is 16.4 Å². The van der Waals surface area contributed by atoms with Crippen LogP contribution >= 0.6 is 15.9 Å². The van der Waals surface area contributed by atoms with Crippen molar-refractivity contribution in [2.75, 3.05) is 6.54 Å². The number of hydrogen-bond donors (Lipinski definition) is 4. The molecular formula is C17H21BrN4O4. The molecule has 1 atom stereocenters. The van der Waals surface area contributed by atoms with Gasteiger partial charge in [-0.25, -0.2) is 9.59 Å². The maximum absolute atomic E-state index is 12.1. The molecule has 0 unspecified atom stereocenters. The van der Waals surface area contributed by atoms with Crippen molar-refractivity contribution >= 4 is 44.7 Å². The highest BCUT2D eigenvalue weighted by Crippen LogP contribution is 2.21. The highest BCUT2D eigenvalue weighted by Gasteiger charge is 2.19. The van der Waals surface area contributed by atoms with E-state index >= 15 is 0 Å². The summed E-state index contributed by atoms with van der Waals surface area (Å²) >= 11 is 3.43. The Bertz CT molecular complexity index is 805. The van der Waals surface area contributed by atoms with Crippen molar-refractivity contribution in [1.29, 1.82) is 0 Å². The fraction of sp³-hybridized carbons (Fsp3) is 0.353. The molecule has 0 aliphatic carbocycles. The number of carbonyl (C=O) groups excluding carboxylic acids is 2. The minimum absolute atomic E-state index is 0.166. The molecule has 0 fully saturated rings. The number of urea groups is 1. The third kappa shape index (κ3) is 5.76. The molecule has 2 rings (SSSR count). The lowest BCUT2D eigenvalue weighted by Gasteiger charge is -2.15. The van der Waals surface area contributed by atoms with Crippen LogP contribution in [0.5, 0.6) is 0 Å². The molecule has 0 spiro atoms. The zero-order valence-electron chi connectivity index (χ0n) is 14.1. The largest absolute Gasteiger partial charge is 0.480 e. The van der Waals surface area contributed by atoms with Crippen LogP contribution in [0.15, 0.2) is 34.9 Å². The second kappa shape index (κ2) is 9.23. The summed E-state index contributed by atoms with van der Waals surface area (Å²) in [6.45, 7) is 0.709. The molecule has 5 N–H and O–H groups in total. The first-order valence-corrected chi connectivity index (χ1v) is 8.96. The van der Waals surface area contributed by atoms with E-state index in [4.69, 9.17) is 5.73 Å². The van der Waals surface area contributed by atoms with Crippen molar-refractivity contribution < 1.29 is 19.5 Å². The first kappa shape index (κ1) is 19.8. The highest BCUT2D eigenvalue weighted by atomic mass is 79.9. The van der Waals surface area contributed by atoms with Gasteiger partial charge in [0.25, 0.3) is 0 Å². The van der Waals surface area contributed by atoms with Crippen molar-refractivity contribution in [3.63, 3.8) is 0 Å². The number of aliphatic carboxylic acids is 1. The average Bonchev–Trinajstić information content (AvgIpc) is 2.97. The first-order chi connectivity index (χ1) is 12.4. The lowest BCUT2D eigenvalue weighted by molar-refractivity contribution is -0.142. The number of amides is 3. The number of carboxylic acids is 1. The van der Waals surface area contributed by atoms with Crippen molar-refractivity contribution in [1.82, 2.24) is 15.2 Å². The number of carbonyl (C=O) groups is 3. The number of hydrogen-bond acceptors (Lipinski definition) is 3. The van der Waals surface area contributed by atoms with Crippen molar-refractivity contribution in [2.24, 2.45) is 5.73 Å². The number of aromatic nitrogens is 1. The van der Waals surface area contributed by atoms with E-state index in [-0.39, 0.29) is 25.3 Å². The number of carboxylic acid groups (broad SMARTS) is 1. The van der Waals surface area contributed by atoms with E-state index in [0.29, 0.717) is 13.0 Å². The van der Waals surface area contributed by atoms with Gasteiger partial charge in [-0.2, -0.15) is 0 Å². The molecule has 2 aromatic rings. The summed E-state index contributed by atoms with van der Waals surface area (Å²) in [6.07, 6.45) is 2.67. The van der Waals surface area contributed by atoms with Gasteiger partial charge in [-0.1, -0.05) is 22.0 Å². The van der Waals surface area contributed by atoms with E-state index in [1.165, 1.54) is 0 Å². The summed E-state index contributed by atoms with van der Waals surface area (Å²) < 4.78 is 2.90. The molecular weight excluding hydrogens is 404 g/mol. The molecule has 140 valence electrons. The molecule has 9 heteroatoms. The van der Waals surface area contributed by atoms with Crippen LogP contribution in [0, 0.1) is 0 Å². The predicted octanol–water partition coefficient (Wildman–Crippen LogP) is 1.81. The molecule has 1 aromatic carbocycles. The average molecular weight is 425 g/mol. The van der Waals surface area contributed by atoms with Gasteiger partial charge in [0.2, 0.25) is 5.91 Å². The van der Waals surface area contributed by atoms with Gasteiger partial charge < -0.3 is 26.0 Å². The number of nitrogens with two attached hydrogens (primary N) is 1. The SMILES string of the molecule is NC(=O)NCCC[C@@H](NC(=O)CCn1ccc2ccc(Br)cc21)C(=O)O. The Labute approximate surface area is 158 Å². The zero-order valence-corrected chi connectivity index (χ0v) is 15.7. The lowest BCUT2D eigenvalue weighted by Crippen LogP contribution is -2.41. The summed E-state index contributed by atoms with van der Waals surface area (Å²) in [6, 6.07) is 6.21. The van der Waals surface area contributed by atoms with Gasteiger partial charge in [-0.15, -0.1) is 0 Å². The van der Waals surface area contributed by atoms with Crippen LogP contribution in [0.1, 0.15) is 19.3 Å². The number of nitrogens with zero attached hydrogens (tertiary/aromatic N) is 1. The highest BCUT2D eigenvalue weighted by molar-refractivity contribution is 9.10. The van der Waals surface area contributed by atoms with Crippen LogP contribution in [-0.4, -0.2) is 40.2 Å². The molecule has 0 saturated heterocycles. The molecule has 1 heterocycles. The molecule has 0 aliphatic heterocycles. The molecule has 26 heavy (non-hydrogen) atoms. The minimum Gasteiger partial charge on any atom is -0.480 e. The quantitative estimate of drug-likeness (QED) is 0.457. The number of benzene rings is 1. The number of fused-ring (bicyclic) bond motifs is 1. The Morgan fingerprint density at radius 1 is 1.27 bits per heavy atom. The molecule has 0 bridgehead atoms. The van der Waals surface area contributed by atoms with Crippen LogP contribution in [0.2, 0.25) is 0 Å². The van der Waals surface area contributed by atoms with E-state index in [9.17, 15) is 19.5 Å². The Morgan fingerprint density at radius 2 is 2.04 bits per heavy atom. The molecule has 3 amide bonds. The second-order valence-electron chi connectivity index (χ2n) is 5.85. The number of primary amides is 1. The van der Waals surface area contributed by atoms with E-state index in [2.05, 4.69) is 26.6 Å². The van der Waals surface area contributed by atoms with Gasteiger partial charge in [0.05, 0.1) is 0 Å². The second-order valence-corrected chi connectivity index (χ2v) is 6.77. The number of rotatable bonds is 9. The third-order valence-corrected chi connectivity index (χ3v) is 4.41. The lowest BCUT2D eigenvalue weighted by atomic mass is 10.1. The smallest absolute Gasteiger partial charge is 0.326 e. The van der Waals surface area contributed by atoms with Gasteiger partial charge in [0.1, 0.15) is 6.04 Å². The van der Waals surface area contributed by atoms with Crippen molar-refractivity contribution in [3.8, 4) is 0 Å². The van der Waals surface area contributed by atoms with Gasteiger partial charge in [-0.05, 0) is 36.4 Å². The normalized spacial score (nSPS) is 11.9. The summed E-state index contributed by atoms with van der Waals surface area (Å²) in [7, 11) is 0. The van der Waals surface area contributed by atoms with E-state index in [0.717, 1.165) is 15.4 Å². The first-order valence-electron chi connectivity index (χ1n) is 8.16. The van der Waals surface area contributed by atoms with E-state index in [1.54, 1.807) is 0 Å². The number of halogens is 1. The molecule has 0 radical (unpaired) electrons. The van der Waals surface area contributed by atoms with Crippen LogP contribution in [0.25, 0.3) is 10.9 Å². The topological polar surface area (TPSA) is 126 Å². The standard InChI is InChI=1S/C17H21BrN4O4/c18-12-4-3-11-5-8-22(14(11)10-12)9-6-15(23)21-13(16(24)25)2-1-7-20-17(19)26/h3-5,8,10,13H,1-2,6-7,9H2,(H,21,23)(H,24,25)(H3,19,20,26)/t13-/m1/s1. The zero-order chi connectivity index (χ0) is 19.1. The maximum atomic E-state index is 12.1. The van der Waals surface area contributed by atoms with Gasteiger partial charge in [0, 0.05) is 35.7 Å². The Kier molecular flexibility index (Phi) is 7.02. The Hall–Kier alpha value is -2.55. The van der Waals surface area contributed by atoms with Crippen molar-refractivity contribution in [3.05, 3.63) is 34.9 Å². The van der Waals surface area contributed by atoms with Crippen LogP contribution in [-0.2, 0) is 16.1 Å². The van der Waals surface area contributed by atoms with Crippen LogP contribution in [0.4, 0.5) is 4.79 Å². The van der Waals surface area contributed by atoms with Gasteiger partial charge in [0.15, 0.2) is 0 Å². The van der Waals surface area contributed by atoms with Crippen molar-refractivity contribution in [2.45, 2.75) is 31.8 Å².